The molecule has 1 amide bonds. The minimum absolute atomic E-state index is 0.177. The van der Waals surface area contributed by atoms with Crippen LogP contribution in [-0.2, 0) is 25.3 Å². The number of amides is 1. The molecule has 1 N–H and O–H groups in total. The van der Waals surface area contributed by atoms with Crippen LogP contribution in [0.25, 0.3) is 0 Å². The number of carbonyl (C=O) groups excluding carboxylic acids is 1. The number of hydrogen-bond acceptors (Lipinski definition) is 4. The molecule has 2 heterocycles. The summed E-state index contributed by atoms with van der Waals surface area (Å²) in [5, 5.41) is 11.8. The fourth-order valence-electron chi connectivity index (χ4n) is 2.33. The van der Waals surface area contributed by atoms with Crippen molar-refractivity contribution in [1.82, 2.24) is 19.3 Å². The Morgan fingerprint density at radius 3 is 2.64 bits per heavy atom. The Hall–Kier alpha value is -2.61. The first-order valence-corrected chi connectivity index (χ1v) is 8.68. The molecule has 3 aromatic rings. The van der Waals surface area contributed by atoms with E-state index in [9.17, 15) is 9.18 Å². The maximum atomic E-state index is 12.9. The molecular weight excluding hydrogens is 341 g/mol. The summed E-state index contributed by atoms with van der Waals surface area (Å²) in [5.41, 5.74) is 1.70. The van der Waals surface area contributed by atoms with Gasteiger partial charge in [0.05, 0.1) is 5.75 Å². The van der Waals surface area contributed by atoms with E-state index in [0.29, 0.717) is 17.3 Å². The molecule has 130 valence electrons. The van der Waals surface area contributed by atoms with Gasteiger partial charge in [-0.15, -0.1) is 10.2 Å². The number of anilines is 1. The van der Waals surface area contributed by atoms with Gasteiger partial charge in [0, 0.05) is 38.1 Å². The van der Waals surface area contributed by atoms with E-state index in [-0.39, 0.29) is 17.5 Å². The first-order chi connectivity index (χ1) is 12.0. The summed E-state index contributed by atoms with van der Waals surface area (Å²) in [6, 6.07) is 9.69. The van der Waals surface area contributed by atoms with E-state index >= 15 is 0 Å². The van der Waals surface area contributed by atoms with E-state index in [4.69, 9.17) is 0 Å². The molecule has 1 aromatic carbocycles. The molecule has 25 heavy (non-hydrogen) atoms. The first-order valence-electron chi connectivity index (χ1n) is 7.69. The summed E-state index contributed by atoms with van der Waals surface area (Å²) in [6.45, 7) is 0. The Morgan fingerprint density at radius 2 is 1.96 bits per heavy atom. The summed E-state index contributed by atoms with van der Waals surface area (Å²) in [6.07, 6.45) is 2.66. The normalized spacial score (nSPS) is 10.8. The molecule has 6 nitrogen and oxygen atoms in total. The van der Waals surface area contributed by atoms with Crippen LogP contribution >= 0.6 is 11.8 Å². The zero-order valence-electron chi connectivity index (χ0n) is 13.9. The number of aryl methyl sites for hydroxylation is 1. The van der Waals surface area contributed by atoms with Gasteiger partial charge in [-0.25, -0.2) is 4.39 Å². The molecule has 0 radical (unpaired) electrons. The van der Waals surface area contributed by atoms with Crippen LogP contribution in [0.15, 0.2) is 47.8 Å². The predicted octanol–water partition coefficient (Wildman–Crippen LogP) is 2.61. The summed E-state index contributed by atoms with van der Waals surface area (Å²) in [4.78, 5) is 12.0. The molecule has 0 aliphatic carbocycles. The Bertz CT molecular complexity index is 872. The number of benzene rings is 1. The van der Waals surface area contributed by atoms with Crippen LogP contribution in [0.3, 0.4) is 0 Å². The highest BCUT2D eigenvalue weighted by Crippen LogP contribution is 2.18. The maximum absolute atomic E-state index is 12.9. The monoisotopic (exact) mass is 359 g/mol. The molecule has 0 aliphatic heterocycles. The average Bonchev–Trinajstić information content (AvgIpc) is 3.15. The number of carbonyl (C=O) groups is 1. The minimum atomic E-state index is -0.336. The Balaban J connectivity index is 1.57. The lowest BCUT2D eigenvalue weighted by atomic mass is 10.3. The fraction of sp³-hybridized carbons (Fsp3) is 0.235. The largest absolute Gasteiger partial charge is 0.354 e. The second kappa shape index (κ2) is 7.52. The van der Waals surface area contributed by atoms with Gasteiger partial charge in [0.25, 0.3) is 0 Å². The third-order valence-electron chi connectivity index (χ3n) is 3.78. The van der Waals surface area contributed by atoms with Crippen molar-refractivity contribution in [2.24, 2.45) is 14.1 Å². The minimum Gasteiger partial charge on any atom is -0.354 e. The van der Waals surface area contributed by atoms with E-state index in [2.05, 4.69) is 15.5 Å². The van der Waals surface area contributed by atoms with Crippen molar-refractivity contribution >= 4 is 23.4 Å². The van der Waals surface area contributed by atoms with Gasteiger partial charge in [-0.05, 0) is 36.4 Å². The van der Waals surface area contributed by atoms with Crippen molar-refractivity contribution in [3.8, 4) is 0 Å². The third kappa shape index (κ3) is 4.27. The van der Waals surface area contributed by atoms with Gasteiger partial charge in [-0.1, -0.05) is 11.8 Å². The van der Waals surface area contributed by atoms with Gasteiger partial charge in [0.15, 0.2) is 5.16 Å². The van der Waals surface area contributed by atoms with E-state index < -0.39 is 0 Å². The number of thioether (sulfide) groups is 1. The fourth-order valence-corrected chi connectivity index (χ4v) is 3.06. The third-order valence-corrected chi connectivity index (χ3v) is 4.80. The zero-order valence-corrected chi connectivity index (χ0v) is 14.8. The van der Waals surface area contributed by atoms with Gasteiger partial charge >= 0.3 is 0 Å². The zero-order chi connectivity index (χ0) is 17.8. The number of nitrogens with one attached hydrogen (secondary N) is 1. The lowest BCUT2D eigenvalue weighted by Crippen LogP contribution is -2.14. The van der Waals surface area contributed by atoms with Crippen LogP contribution in [0, 0.1) is 5.82 Å². The highest BCUT2D eigenvalue weighted by Gasteiger charge is 2.13. The van der Waals surface area contributed by atoms with E-state index in [1.54, 1.807) is 0 Å². The Morgan fingerprint density at radius 1 is 1.20 bits per heavy atom. The molecule has 0 saturated heterocycles. The summed E-state index contributed by atoms with van der Waals surface area (Å²) >= 11 is 1.31. The van der Waals surface area contributed by atoms with Crippen molar-refractivity contribution in [1.29, 1.82) is 0 Å². The standard InChI is InChI=1S/C17H18FN5OS/c1-22-9-3-4-14(22)10-15-20-21-17(23(15)2)25-11-16(24)19-13-7-5-12(18)6-8-13/h3-9H,10-11H2,1-2H3,(H,19,24). The number of hydrogen-bond donors (Lipinski definition) is 1. The molecule has 0 atom stereocenters. The molecular formula is C17H18FN5OS. The number of nitrogens with zero attached hydrogens (tertiary/aromatic N) is 4. The van der Waals surface area contributed by atoms with Crippen LogP contribution in [-0.4, -0.2) is 31.0 Å². The number of rotatable bonds is 6. The molecule has 0 unspecified atom stereocenters. The molecule has 0 saturated carbocycles. The topological polar surface area (TPSA) is 64.7 Å². The SMILES string of the molecule is Cn1cccc1Cc1nnc(SCC(=O)Nc2ccc(F)cc2)n1C. The molecule has 0 spiro atoms. The van der Waals surface area contributed by atoms with Crippen LogP contribution in [0.4, 0.5) is 10.1 Å². The van der Waals surface area contributed by atoms with E-state index in [0.717, 1.165) is 11.5 Å². The van der Waals surface area contributed by atoms with Crippen LogP contribution < -0.4 is 5.32 Å². The van der Waals surface area contributed by atoms with E-state index in [1.807, 2.05) is 41.6 Å². The molecule has 0 fully saturated rings. The van der Waals surface area contributed by atoms with Crippen molar-refractivity contribution in [3.05, 3.63) is 59.9 Å². The molecule has 0 aliphatic rings. The predicted molar refractivity (Wildman–Crippen MR) is 95.0 cm³/mol. The van der Waals surface area contributed by atoms with Crippen LogP contribution in [0.5, 0.6) is 0 Å². The van der Waals surface area contributed by atoms with E-state index in [1.165, 1.54) is 36.0 Å². The average molecular weight is 359 g/mol. The van der Waals surface area contributed by atoms with Crippen molar-refractivity contribution in [3.63, 3.8) is 0 Å². The molecule has 3 rings (SSSR count). The summed E-state index contributed by atoms with van der Waals surface area (Å²) in [5.74, 6) is 0.525. The lowest BCUT2D eigenvalue weighted by molar-refractivity contribution is -0.113. The highest BCUT2D eigenvalue weighted by molar-refractivity contribution is 7.99. The van der Waals surface area contributed by atoms with Gasteiger partial charge in [-0.2, -0.15) is 0 Å². The first kappa shape index (κ1) is 17.2. The number of halogens is 1. The van der Waals surface area contributed by atoms with Crippen molar-refractivity contribution < 1.29 is 9.18 Å². The molecule has 2 aromatic heterocycles. The lowest BCUT2D eigenvalue weighted by Gasteiger charge is -2.06. The van der Waals surface area contributed by atoms with Gasteiger partial charge < -0.3 is 14.5 Å². The second-order valence-corrected chi connectivity index (χ2v) is 6.53. The maximum Gasteiger partial charge on any atom is 0.234 e. The highest BCUT2D eigenvalue weighted by atomic mass is 32.2. The van der Waals surface area contributed by atoms with Crippen LogP contribution in [0.2, 0.25) is 0 Å². The summed E-state index contributed by atoms with van der Waals surface area (Å²) < 4.78 is 16.8. The van der Waals surface area contributed by atoms with Gasteiger partial charge in [0.2, 0.25) is 5.91 Å². The van der Waals surface area contributed by atoms with Crippen molar-refractivity contribution in [2.45, 2.75) is 11.6 Å². The van der Waals surface area contributed by atoms with Gasteiger partial charge in [-0.3, -0.25) is 4.79 Å². The van der Waals surface area contributed by atoms with Crippen LogP contribution in [0.1, 0.15) is 11.5 Å². The molecule has 0 bridgehead atoms. The Kier molecular flexibility index (Phi) is 5.18. The Labute approximate surface area is 149 Å². The van der Waals surface area contributed by atoms with Gasteiger partial charge in [0.1, 0.15) is 11.6 Å². The second-order valence-electron chi connectivity index (χ2n) is 5.59. The smallest absolute Gasteiger partial charge is 0.234 e. The number of aromatic nitrogens is 4. The summed E-state index contributed by atoms with van der Waals surface area (Å²) in [7, 11) is 3.87. The van der Waals surface area contributed by atoms with Crippen molar-refractivity contribution in [2.75, 3.05) is 11.1 Å². The quantitative estimate of drug-likeness (QED) is 0.687. The molecule has 8 heteroatoms.